The van der Waals surface area contributed by atoms with Crippen molar-refractivity contribution in [2.45, 2.75) is 0 Å². The number of amides is 2. The standard InChI is InChI=1S/C16H15N3O2/c17-14(11-12-7-3-1-4-8-12)16(21)19(18)15(20)13-9-5-2-6-10-13/h1-11H,17-18H2. The average Bonchev–Trinajstić information content (AvgIpc) is 2.54. The van der Waals surface area contributed by atoms with E-state index in [1.807, 2.05) is 18.2 Å². The lowest BCUT2D eigenvalue weighted by molar-refractivity contribution is -0.124. The molecule has 2 amide bonds. The maximum Gasteiger partial charge on any atom is 0.290 e. The summed E-state index contributed by atoms with van der Waals surface area (Å²) in [5.74, 6) is 4.21. The van der Waals surface area contributed by atoms with Gasteiger partial charge in [-0.25, -0.2) is 10.9 Å². The minimum Gasteiger partial charge on any atom is -0.394 e. The SMILES string of the molecule is NC(=Cc1ccccc1)C(=O)N(N)C(=O)c1ccccc1. The van der Waals surface area contributed by atoms with E-state index in [0.29, 0.717) is 10.6 Å². The van der Waals surface area contributed by atoms with Gasteiger partial charge in [0.05, 0.1) is 5.70 Å². The van der Waals surface area contributed by atoms with Crippen LogP contribution in [0.3, 0.4) is 0 Å². The highest BCUT2D eigenvalue weighted by molar-refractivity contribution is 6.10. The molecule has 5 heteroatoms. The summed E-state index contributed by atoms with van der Waals surface area (Å²) < 4.78 is 0. The second kappa shape index (κ2) is 6.49. The second-order valence-electron chi connectivity index (χ2n) is 4.36. The molecule has 0 aromatic heterocycles. The van der Waals surface area contributed by atoms with E-state index in [1.165, 1.54) is 6.08 Å². The smallest absolute Gasteiger partial charge is 0.290 e. The molecule has 0 saturated carbocycles. The van der Waals surface area contributed by atoms with Gasteiger partial charge in [-0.05, 0) is 23.8 Å². The van der Waals surface area contributed by atoms with Crippen LogP contribution in [0.2, 0.25) is 0 Å². The Labute approximate surface area is 122 Å². The minimum absolute atomic E-state index is 0.104. The fourth-order valence-corrected chi connectivity index (χ4v) is 1.74. The predicted molar refractivity (Wildman–Crippen MR) is 80.4 cm³/mol. The van der Waals surface area contributed by atoms with Crippen molar-refractivity contribution in [2.24, 2.45) is 11.6 Å². The first-order valence-corrected chi connectivity index (χ1v) is 6.30. The lowest BCUT2D eigenvalue weighted by Gasteiger charge is -2.14. The Morgan fingerprint density at radius 1 is 0.905 bits per heavy atom. The molecule has 0 aliphatic rings. The summed E-state index contributed by atoms with van der Waals surface area (Å²) in [5.41, 5.74) is 6.67. The quantitative estimate of drug-likeness (QED) is 0.386. The second-order valence-corrected chi connectivity index (χ2v) is 4.36. The van der Waals surface area contributed by atoms with Gasteiger partial charge >= 0.3 is 0 Å². The van der Waals surface area contributed by atoms with Crippen LogP contribution in [0.15, 0.2) is 66.4 Å². The van der Waals surface area contributed by atoms with Crippen molar-refractivity contribution in [3.05, 3.63) is 77.5 Å². The number of hydrogen-bond acceptors (Lipinski definition) is 4. The van der Waals surface area contributed by atoms with Crippen molar-refractivity contribution in [3.8, 4) is 0 Å². The first kappa shape index (κ1) is 14.5. The van der Waals surface area contributed by atoms with Crippen LogP contribution < -0.4 is 11.6 Å². The van der Waals surface area contributed by atoms with E-state index in [1.54, 1.807) is 42.5 Å². The fourth-order valence-electron chi connectivity index (χ4n) is 1.74. The third-order valence-electron chi connectivity index (χ3n) is 2.83. The van der Waals surface area contributed by atoms with Crippen LogP contribution in [-0.4, -0.2) is 16.8 Å². The van der Waals surface area contributed by atoms with Crippen molar-refractivity contribution in [1.82, 2.24) is 5.01 Å². The van der Waals surface area contributed by atoms with E-state index in [-0.39, 0.29) is 5.70 Å². The van der Waals surface area contributed by atoms with Crippen molar-refractivity contribution in [3.63, 3.8) is 0 Å². The summed E-state index contributed by atoms with van der Waals surface area (Å²) in [7, 11) is 0. The van der Waals surface area contributed by atoms with E-state index in [2.05, 4.69) is 0 Å². The molecule has 4 N–H and O–H groups in total. The summed E-state index contributed by atoms with van der Waals surface area (Å²) in [4.78, 5) is 24.1. The van der Waals surface area contributed by atoms with Gasteiger partial charge < -0.3 is 5.73 Å². The van der Waals surface area contributed by atoms with Gasteiger partial charge in [0.2, 0.25) is 0 Å². The first-order valence-electron chi connectivity index (χ1n) is 6.30. The monoisotopic (exact) mass is 281 g/mol. The predicted octanol–water partition coefficient (Wildman–Crippen LogP) is 1.53. The summed E-state index contributed by atoms with van der Waals surface area (Å²) >= 11 is 0. The van der Waals surface area contributed by atoms with Gasteiger partial charge in [-0.3, -0.25) is 9.59 Å². The highest BCUT2D eigenvalue weighted by Crippen LogP contribution is 2.07. The van der Waals surface area contributed by atoms with E-state index in [4.69, 9.17) is 11.6 Å². The number of hydrogen-bond donors (Lipinski definition) is 2. The molecule has 0 aliphatic heterocycles. The number of nitrogens with two attached hydrogens (primary N) is 2. The summed E-state index contributed by atoms with van der Waals surface area (Å²) in [5, 5.41) is 0.518. The molecule has 0 unspecified atom stereocenters. The lowest BCUT2D eigenvalue weighted by Crippen LogP contribution is -2.44. The third kappa shape index (κ3) is 3.55. The number of nitrogens with zero attached hydrogens (tertiary/aromatic N) is 1. The van der Waals surface area contributed by atoms with Gasteiger partial charge in [0.25, 0.3) is 11.8 Å². The molecular formula is C16H15N3O2. The fraction of sp³-hybridized carbons (Fsp3) is 0. The Morgan fingerprint density at radius 2 is 1.43 bits per heavy atom. The van der Waals surface area contributed by atoms with Gasteiger partial charge in [0.15, 0.2) is 0 Å². The van der Waals surface area contributed by atoms with Crippen molar-refractivity contribution >= 4 is 17.9 Å². The molecule has 5 nitrogen and oxygen atoms in total. The molecule has 0 saturated heterocycles. The van der Waals surface area contributed by atoms with E-state index in [9.17, 15) is 9.59 Å². The number of carbonyl (C=O) groups is 2. The molecule has 2 rings (SSSR count). The molecule has 2 aromatic rings. The largest absolute Gasteiger partial charge is 0.394 e. The van der Waals surface area contributed by atoms with Gasteiger partial charge in [0.1, 0.15) is 0 Å². The maximum atomic E-state index is 12.0. The van der Waals surface area contributed by atoms with Crippen LogP contribution in [-0.2, 0) is 4.79 Å². The van der Waals surface area contributed by atoms with Gasteiger partial charge in [0, 0.05) is 5.56 Å². The van der Waals surface area contributed by atoms with E-state index < -0.39 is 11.8 Å². The highest BCUT2D eigenvalue weighted by Gasteiger charge is 2.21. The summed E-state index contributed by atoms with van der Waals surface area (Å²) in [6, 6.07) is 17.4. The van der Waals surface area contributed by atoms with Crippen LogP contribution >= 0.6 is 0 Å². The van der Waals surface area contributed by atoms with Gasteiger partial charge in [-0.15, -0.1) is 0 Å². The molecule has 21 heavy (non-hydrogen) atoms. The average molecular weight is 281 g/mol. The number of carbonyl (C=O) groups excluding carboxylic acids is 2. The Bertz CT molecular complexity index is 666. The van der Waals surface area contributed by atoms with Gasteiger partial charge in [-0.2, -0.15) is 0 Å². The Kier molecular flexibility index (Phi) is 4.48. The number of imide groups is 1. The van der Waals surface area contributed by atoms with Crippen LogP contribution in [0, 0.1) is 0 Å². The minimum atomic E-state index is -0.743. The van der Waals surface area contributed by atoms with Crippen LogP contribution in [0.5, 0.6) is 0 Å². The molecule has 0 fully saturated rings. The Balaban J connectivity index is 2.16. The molecular weight excluding hydrogens is 266 g/mol. The molecule has 2 aromatic carbocycles. The van der Waals surface area contributed by atoms with E-state index in [0.717, 1.165) is 5.56 Å². The first-order chi connectivity index (χ1) is 10.1. The van der Waals surface area contributed by atoms with Crippen molar-refractivity contribution < 1.29 is 9.59 Å². The third-order valence-corrected chi connectivity index (χ3v) is 2.83. The number of hydrazine groups is 1. The summed E-state index contributed by atoms with van der Waals surface area (Å²) in [6.45, 7) is 0. The molecule has 0 atom stereocenters. The molecule has 0 bridgehead atoms. The van der Waals surface area contributed by atoms with Crippen LogP contribution in [0.1, 0.15) is 15.9 Å². The van der Waals surface area contributed by atoms with Crippen LogP contribution in [0.25, 0.3) is 6.08 Å². The number of rotatable bonds is 3. The van der Waals surface area contributed by atoms with Crippen molar-refractivity contribution in [1.29, 1.82) is 0 Å². The Hall–Kier alpha value is -2.92. The number of benzene rings is 2. The molecule has 106 valence electrons. The van der Waals surface area contributed by atoms with E-state index >= 15 is 0 Å². The molecule has 0 heterocycles. The zero-order chi connectivity index (χ0) is 15.2. The van der Waals surface area contributed by atoms with Crippen LogP contribution in [0.4, 0.5) is 0 Å². The zero-order valence-corrected chi connectivity index (χ0v) is 11.3. The summed E-state index contributed by atoms with van der Waals surface area (Å²) in [6.07, 6.45) is 1.47. The van der Waals surface area contributed by atoms with Crippen molar-refractivity contribution in [2.75, 3.05) is 0 Å². The molecule has 0 radical (unpaired) electrons. The van der Waals surface area contributed by atoms with Gasteiger partial charge in [-0.1, -0.05) is 48.5 Å². The highest BCUT2D eigenvalue weighted by atomic mass is 16.2. The normalized spacial score (nSPS) is 11.0. The lowest BCUT2D eigenvalue weighted by atomic mass is 10.2. The topological polar surface area (TPSA) is 89.4 Å². The zero-order valence-electron chi connectivity index (χ0n) is 11.3. The molecule has 0 aliphatic carbocycles. The maximum absolute atomic E-state index is 12.0. The Morgan fingerprint density at radius 3 is 2.00 bits per heavy atom. The molecule has 0 spiro atoms.